The van der Waals surface area contributed by atoms with Gasteiger partial charge in [-0.1, -0.05) is 28.1 Å². The van der Waals surface area contributed by atoms with Crippen molar-refractivity contribution < 1.29 is 4.74 Å². The average molecular weight is 270 g/mol. The molecule has 0 aromatic heterocycles. The van der Waals surface area contributed by atoms with Crippen molar-refractivity contribution in [2.75, 3.05) is 13.2 Å². The summed E-state index contributed by atoms with van der Waals surface area (Å²) in [4.78, 5) is 0. The Hall–Kier alpha value is -0.380. The Morgan fingerprint density at radius 2 is 2.27 bits per heavy atom. The smallest absolute Gasteiger partial charge is 0.0586 e. The van der Waals surface area contributed by atoms with Gasteiger partial charge in [0.05, 0.1) is 13.2 Å². The lowest BCUT2D eigenvalue weighted by molar-refractivity contribution is -0.0665. The topological polar surface area (TPSA) is 35.2 Å². The molecule has 1 aromatic carbocycles. The molecule has 2 N–H and O–H groups in total. The van der Waals surface area contributed by atoms with Crippen LogP contribution in [0.5, 0.6) is 0 Å². The lowest BCUT2D eigenvalue weighted by Crippen LogP contribution is -2.49. The van der Waals surface area contributed by atoms with Gasteiger partial charge >= 0.3 is 0 Å². The van der Waals surface area contributed by atoms with E-state index in [0.29, 0.717) is 0 Å². The Labute approximate surface area is 98.9 Å². The molecule has 0 amide bonds. The highest BCUT2D eigenvalue weighted by Gasteiger charge is 2.40. The number of nitrogens with two attached hydrogens (primary N) is 1. The van der Waals surface area contributed by atoms with E-state index in [2.05, 4.69) is 41.1 Å². The first-order valence-electron chi connectivity index (χ1n) is 5.22. The van der Waals surface area contributed by atoms with E-state index in [0.717, 1.165) is 24.1 Å². The molecule has 1 aliphatic rings. The van der Waals surface area contributed by atoms with Gasteiger partial charge in [-0.05, 0) is 31.0 Å². The molecule has 1 atom stereocenters. The third kappa shape index (κ3) is 2.25. The molecule has 1 aromatic rings. The van der Waals surface area contributed by atoms with E-state index in [-0.39, 0.29) is 11.5 Å². The third-order valence-electron chi connectivity index (χ3n) is 2.91. The van der Waals surface area contributed by atoms with Gasteiger partial charge in [-0.15, -0.1) is 0 Å². The Balaban J connectivity index is 2.26. The van der Waals surface area contributed by atoms with E-state index >= 15 is 0 Å². The van der Waals surface area contributed by atoms with Gasteiger partial charge in [-0.3, -0.25) is 0 Å². The molecule has 3 heteroatoms. The van der Waals surface area contributed by atoms with Gasteiger partial charge in [0.1, 0.15) is 0 Å². The molecule has 1 saturated heterocycles. The highest BCUT2D eigenvalue weighted by molar-refractivity contribution is 9.10. The summed E-state index contributed by atoms with van der Waals surface area (Å²) in [6, 6.07) is 8.66. The second-order valence-corrected chi connectivity index (χ2v) is 5.38. The predicted octanol–water partition coefficient (Wildman–Crippen LogP) is 2.45. The van der Waals surface area contributed by atoms with Crippen LogP contribution in [0, 0.1) is 0 Å². The molecule has 1 fully saturated rings. The van der Waals surface area contributed by atoms with Crippen molar-refractivity contribution in [1.29, 1.82) is 0 Å². The summed E-state index contributed by atoms with van der Waals surface area (Å²) in [7, 11) is 0. The largest absolute Gasteiger partial charge is 0.379 e. The molecule has 15 heavy (non-hydrogen) atoms. The first-order chi connectivity index (χ1) is 7.12. The maximum Gasteiger partial charge on any atom is 0.0586 e. The predicted molar refractivity (Wildman–Crippen MR) is 64.9 cm³/mol. The number of rotatable bonds is 3. The van der Waals surface area contributed by atoms with Crippen LogP contribution < -0.4 is 5.73 Å². The second kappa shape index (κ2) is 4.24. The standard InChI is InChI=1S/C12H16BrNO/c1-9(14)6-12(7-15-8-12)10-3-2-4-11(13)5-10/h2-5,9H,6-8,14H2,1H3. The quantitative estimate of drug-likeness (QED) is 0.915. The van der Waals surface area contributed by atoms with Crippen molar-refractivity contribution >= 4 is 15.9 Å². The minimum absolute atomic E-state index is 0.151. The Morgan fingerprint density at radius 1 is 1.53 bits per heavy atom. The summed E-state index contributed by atoms with van der Waals surface area (Å²) < 4.78 is 6.48. The van der Waals surface area contributed by atoms with Gasteiger partial charge in [0.25, 0.3) is 0 Å². The highest BCUT2D eigenvalue weighted by atomic mass is 79.9. The summed E-state index contributed by atoms with van der Waals surface area (Å²) in [5, 5.41) is 0. The molecule has 1 unspecified atom stereocenters. The normalized spacial score (nSPS) is 20.7. The van der Waals surface area contributed by atoms with Gasteiger partial charge < -0.3 is 10.5 Å². The molecule has 0 spiro atoms. The maximum absolute atomic E-state index is 5.90. The molecular weight excluding hydrogens is 254 g/mol. The number of benzene rings is 1. The molecule has 1 heterocycles. The SMILES string of the molecule is CC(N)CC1(c2cccc(Br)c2)COC1. The van der Waals surface area contributed by atoms with Crippen LogP contribution in [0.15, 0.2) is 28.7 Å². The lowest BCUT2D eigenvalue weighted by atomic mass is 9.74. The van der Waals surface area contributed by atoms with Gasteiger partial charge in [0.2, 0.25) is 0 Å². The second-order valence-electron chi connectivity index (χ2n) is 4.46. The van der Waals surface area contributed by atoms with Crippen molar-refractivity contribution in [1.82, 2.24) is 0 Å². The van der Waals surface area contributed by atoms with E-state index in [1.165, 1.54) is 5.56 Å². The molecule has 0 radical (unpaired) electrons. The fourth-order valence-electron chi connectivity index (χ4n) is 2.19. The average Bonchev–Trinajstić information content (AvgIpc) is 2.11. The van der Waals surface area contributed by atoms with Crippen molar-refractivity contribution in [3.8, 4) is 0 Å². The lowest BCUT2D eigenvalue weighted by Gasteiger charge is -2.43. The van der Waals surface area contributed by atoms with Crippen LogP contribution in [0.3, 0.4) is 0 Å². The number of hydrogen-bond donors (Lipinski definition) is 1. The van der Waals surface area contributed by atoms with E-state index < -0.39 is 0 Å². The monoisotopic (exact) mass is 269 g/mol. The number of halogens is 1. The van der Waals surface area contributed by atoms with E-state index in [1.54, 1.807) is 0 Å². The fourth-order valence-corrected chi connectivity index (χ4v) is 2.58. The van der Waals surface area contributed by atoms with Gasteiger partial charge in [-0.2, -0.15) is 0 Å². The zero-order chi connectivity index (χ0) is 10.9. The summed E-state index contributed by atoms with van der Waals surface area (Å²) in [6.07, 6.45) is 0.990. The molecule has 0 bridgehead atoms. The summed E-state index contributed by atoms with van der Waals surface area (Å²) in [6.45, 7) is 3.65. The molecule has 2 nitrogen and oxygen atoms in total. The van der Waals surface area contributed by atoms with E-state index in [9.17, 15) is 0 Å². The van der Waals surface area contributed by atoms with Gasteiger partial charge in [0, 0.05) is 15.9 Å². The minimum Gasteiger partial charge on any atom is -0.379 e. The molecule has 2 rings (SSSR count). The van der Waals surface area contributed by atoms with Crippen molar-refractivity contribution in [3.05, 3.63) is 34.3 Å². The van der Waals surface area contributed by atoms with E-state index in [1.807, 2.05) is 6.07 Å². The number of ether oxygens (including phenoxy) is 1. The van der Waals surface area contributed by atoms with Crippen molar-refractivity contribution in [2.45, 2.75) is 24.8 Å². The van der Waals surface area contributed by atoms with Crippen LogP contribution in [0.25, 0.3) is 0 Å². The Morgan fingerprint density at radius 3 is 2.73 bits per heavy atom. The molecule has 82 valence electrons. The van der Waals surface area contributed by atoms with Crippen LogP contribution in [0.2, 0.25) is 0 Å². The molecule has 0 saturated carbocycles. The minimum atomic E-state index is 0.151. The zero-order valence-corrected chi connectivity index (χ0v) is 10.5. The van der Waals surface area contributed by atoms with E-state index in [4.69, 9.17) is 10.5 Å². The maximum atomic E-state index is 5.90. The molecule has 0 aliphatic carbocycles. The van der Waals surface area contributed by atoms with Crippen molar-refractivity contribution in [3.63, 3.8) is 0 Å². The first kappa shape index (κ1) is 11.1. The third-order valence-corrected chi connectivity index (χ3v) is 3.40. The summed E-state index contributed by atoms with van der Waals surface area (Å²) >= 11 is 3.50. The highest BCUT2D eigenvalue weighted by Crippen LogP contribution is 2.37. The van der Waals surface area contributed by atoms with Crippen LogP contribution in [-0.2, 0) is 10.2 Å². The first-order valence-corrected chi connectivity index (χ1v) is 6.01. The molecule has 1 aliphatic heterocycles. The van der Waals surface area contributed by atoms with Crippen molar-refractivity contribution in [2.24, 2.45) is 5.73 Å². The van der Waals surface area contributed by atoms with Crippen LogP contribution in [0.1, 0.15) is 18.9 Å². The van der Waals surface area contributed by atoms with Crippen LogP contribution >= 0.6 is 15.9 Å². The Kier molecular flexibility index (Phi) is 3.14. The van der Waals surface area contributed by atoms with Gasteiger partial charge in [-0.25, -0.2) is 0 Å². The van der Waals surface area contributed by atoms with Gasteiger partial charge in [0.15, 0.2) is 0 Å². The summed E-state index contributed by atoms with van der Waals surface area (Å²) in [5.74, 6) is 0. The Bertz CT molecular complexity index is 347. The molecular formula is C12H16BrNO. The fraction of sp³-hybridized carbons (Fsp3) is 0.500. The van der Waals surface area contributed by atoms with Crippen LogP contribution in [-0.4, -0.2) is 19.3 Å². The summed E-state index contributed by atoms with van der Waals surface area (Å²) in [5.41, 5.74) is 7.38. The number of hydrogen-bond acceptors (Lipinski definition) is 2. The van der Waals surface area contributed by atoms with Crippen LogP contribution in [0.4, 0.5) is 0 Å². The zero-order valence-electron chi connectivity index (χ0n) is 8.87.